The Bertz CT molecular complexity index is 704. The Hall–Kier alpha value is -2.41. The van der Waals surface area contributed by atoms with Crippen LogP contribution in [0.2, 0.25) is 0 Å². The van der Waals surface area contributed by atoms with Gasteiger partial charge in [-0.2, -0.15) is 0 Å². The SMILES string of the molecule is COCCN1C[C@H](C(=O)N2CCN(c3ccc(C)cc3)C(=O)C2)CCC1=O. The maximum absolute atomic E-state index is 12.9. The van der Waals surface area contributed by atoms with Crippen molar-refractivity contribution in [3.63, 3.8) is 0 Å². The summed E-state index contributed by atoms with van der Waals surface area (Å²) in [7, 11) is 1.59. The van der Waals surface area contributed by atoms with E-state index in [-0.39, 0.29) is 30.2 Å². The molecule has 1 atom stereocenters. The second kappa shape index (κ2) is 8.52. The van der Waals surface area contributed by atoms with E-state index in [1.165, 1.54) is 0 Å². The highest BCUT2D eigenvalue weighted by atomic mass is 16.5. The van der Waals surface area contributed by atoms with Crippen molar-refractivity contribution < 1.29 is 19.1 Å². The summed E-state index contributed by atoms with van der Waals surface area (Å²) in [4.78, 5) is 42.6. The van der Waals surface area contributed by atoms with Crippen molar-refractivity contribution in [2.24, 2.45) is 5.92 Å². The monoisotopic (exact) mass is 373 g/mol. The third-order valence-electron chi connectivity index (χ3n) is 5.29. The van der Waals surface area contributed by atoms with Crippen molar-refractivity contribution >= 4 is 23.4 Å². The minimum absolute atomic E-state index is 0.0261. The van der Waals surface area contributed by atoms with Crippen molar-refractivity contribution in [1.82, 2.24) is 9.80 Å². The minimum atomic E-state index is -0.238. The van der Waals surface area contributed by atoms with E-state index in [0.717, 1.165) is 11.3 Å². The highest BCUT2D eigenvalue weighted by Gasteiger charge is 2.35. The maximum atomic E-state index is 12.9. The van der Waals surface area contributed by atoms with E-state index < -0.39 is 0 Å². The molecule has 0 saturated carbocycles. The smallest absolute Gasteiger partial charge is 0.246 e. The summed E-state index contributed by atoms with van der Waals surface area (Å²) in [5.74, 6) is -0.266. The van der Waals surface area contributed by atoms with Gasteiger partial charge in [0.25, 0.3) is 0 Å². The number of benzene rings is 1. The van der Waals surface area contributed by atoms with Gasteiger partial charge in [0.15, 0.2) is 0 Å². The number of piperazine rings is 1. The van der Waals surface area contributed by atoms with Gasteiger partial charge in [-0.1, -0.05) is 17.7 Å². The second-order valence-corrected chi connectivity index (χ2v) is 7.21. The van der Waals surface area contributed by atoms with Gasteiger partial charge in [0.2, 0.25) is 17.7 Å². The van der Waals surface area contributed by atoms with Crippen LogP contribution in [0.5, 0.6) is 0 Å². The maximum Gasteiger partial charge on any atom is 0.246 e. The van der Waals surface area contributed by atoms with Crippen LogP contribution in [0.1, 0.15) is 18.4 Å². The summed E-state index contributed by atoms with van der Waals surface area (Å²) < 4.78 is 5.04. The third kappa shape index (κ3) is 4.47. The van der Waals surface area contributed by atoms with Gasteiger partial charge < -0.3 is 19.4 Å². The van der Waals surface area contributed by atoms with Crippen LogP contribution in [0.15, 0.2) is 24.3 Å². The average molecular weight is 373 g/mol. The van der Waals surface area contributed by atoms with Crippen LogP contribution in [-0.4, -0.2) is 74.0 Å². The molecule has 146 valence electrons. The third-order valence-corrected chi connectivity index (χ3v) is 5.29. The van der Waals surface area contributed by atoms with Crippen LogP contribution in [-0.2, 0) is 19.1 Å². The van der Waals surface area contributed by atoms with E-state index in [1.54, 1.807) is 21.8 Å². The van der Waals surface area contributed by atoms with E-state index in [2.05, 4.69) is 0 Å². The Labute approximate surface area is 159 Å². The van der Waals surface area contributed by atoms with Crippen molar-refractivity contribution in [2.45, 2.75) is 19.8 Å². The molecule has 0 aromatic heterocycles. The number of anilines is 1. The van der Waals surface area contributed by atoms with E-state index in [1.807, 2.05) is 31.2 Å². The normalized spacial score (nSPS) is 21.0. The quantitative estimate of drug-likeness (QED) is 0.774. The number of carbonyl (C=O) groups is 3. The Kier molecular flexibility index (Phi) is 6.11. The summed E-state index contributed by atoms with van der Waals surface area (Å²) in [5, 5.41) is 0. The van der Waals surface area contributed by atoms with Gasteiger partial charge in [-0.05, 0) is 25.5 Å². The molecule has 7 nitrogen and oxygen atoms in total. The van der Waals surface area contributed by atoms with Gasteiger partial charge in [-0.15, -0.1) is 0 Å². The number of amides is 3. The number of rotatable bonds is 5. The molecule has 1 aromatic rings. The molecule has 27 heavy (non-hydrogen) atoms. The van der Waals surface area contributed by atoms with Crippen molar-refractivity contribution in [3.05, 3.63) is 29.8 Å². The molecule has 2 heterocycles. The number of ether oxygens (including phenoxy) is 1. The molecule has 2 saturated heterocycles. The number of carbonyl (C=O) groups excluding carboxylic acids is 3. The average Bonchev–Trinajstić information content (AvgIpc) is 2.67. The number of likely N-dealkylation sites (tertiary alicyclic amines) is 1. The van der Waals surface area contributed by atoms with Gasteiger partial charge in [-0.3, -0.25) is 14.4 Å². The van der Waals surface area contributed by atoms with Crippen LogP contribution >= 0.6 is 0 Å². The van der Waals surface area contributed by atoms with Crippen LogP contribution in [0, 0.1) is 12.8 Å². The second-order valence-electron chi connectivity index (χ2n) is 7.21. The number of aryl methyl sites for hydroxylation is 1. The lowest BCUT2D eigenvalue weighted by Crippen LogP contribution is -2.55. The molecule has 2 fully saturated rings. The number of hydrogen-bond acceptors (Lipinski definition) is 4. The molecule has 0 bridgehead atoms. The zero-order valence-corrected chi connectivity index (χ0v) is 16.0. The molecule has 0 unspecified atom stereocenters. The first-order valence-electron chi connectivity index (χ1n) is 9.42. The molecule has 3 amide bonds. The fraction of sp³-hybridized carbons (Fsp3) is 0.550. The Morgan fingerprint density at radius 1 is 1.15 bits per heavy atom. The number of nitrogens with zero attached hydrogens (tertiary/aromatic N) is 3. The lowest BCUT2D eigenvalue weighted by molar-refractivity contribution is -0.146. The lowest BCUT2D eigenvalue weighted by Gasteiger charge is -2.38. The predicted octanol–water partition coefficient (Wildman–Crippen LogP) is 1.06. The van der Waals surface area contributed by atoms with Gasteiger partial charge in [0, 0.05) is 45.4 Å². The number of piperidine rings is 1. The summed E-state index contributed by atoms with van der Waals surface area (Å²) >= 11 is 0. The van der Waals surface area contributed by atoms with Gasteiger partial charge in [-0.25, -0.2) is 0 Å². The highest BCUT2D eigenvalue weighted by molar-refractivity contribution is 5.98. The first-order chi connectivity index (χ1) is 13.0. The molecule has 0 radical (unpaired) electrons. The molecular formula is C20H27N3O4. The van der Waals surface area contributed by atoms with Crippen molar-refractivity contribution in [1.29, 1.82) is 0 Å². The molecule has 7 heteroatoms. The summed E-state index contributed by atoms with van der Waals surface area (Å²) in [6, 6.07) is 7.83. The van der Waals surface area contributed by atoms with Crippen LogP contribution in [0.25, 0.3) is 0 Å². The Morgan fingerprint density at radius 3 is 2.56 bits per heavy atom. The predicted molar refractivity (Wildman–Crippen MR) is 101 cm³/mol. The van der Waals surface area contributed by atoms with Gasteiger partial charge in [0.1, 0.15) is 6.54 Å². The zero-order chi connectivity index (χ0) is 19.4. The molecule has 1 aromatic carbocycles. The highest BCUT2D eigenvalue weighted by Crippen LogP contribution is 2.23. The largest absolute Gasteiger partial charge is 0.383 e. The topological polar surface area (TPSA) is 70.2 Å². The summed E-state index contributed by atoms with van der Waals surface area (Å²) in [5.41, 5.74) is 2.01. The molecule has 2 aliphatic rings. The van der Waals surface area contributed by atoms with Crippen LogP contribution in [0.4, 0.5) is 5.69 Å². The first kappa shape index (κ1) is 19.4. The number of methoxy groups -OCH3 is 1. The molecule has 0 spiro atoms. The van der Waals surface area contributed by atoms with E-state index in [0.29, 0.717) is 45.6 Å². The Balaban J connectivity index is 1.59. The summed E-state index contributed by atoms with van der Waals surface area (Å²) in [6.07, 6.45) is 0.922. The first-order valence-corrected chi connectivity index (χ1v) is 9.42. The lowest BCUT2D eigenvalue weighted by atomic mass is 9.95. The zero-order valence-electron chi connectivity index (χ0n) is 16.0. The Morgan fingerprint density at radius 2 is 1.89 bits per heavy atom. The van der Waals surface area contributed by atoms with Crippen molar-refractivity contribution in [2.75, 3.05) is 51.3 Å². The minimum Gasteiger partial charge on any atom is -0.383 e. The van der Waals surface area contributed by atoms with Crippen LogP contribution in [0.3, 0.4) is 0 Å². The van der Waals surface area contributed by atoms with Crippen molar-refractivity contribution in [3.8, 4) is 0 Å². The molecule has 0 aliphatic carbocycles. The molecule has 3 rings (SSSR count). The van der Waals surface area contributed by atoms with Gasteiger partial charge >= 0.3 is 0 Å². The van der Waals surface area contributed by atoms with Crippen LogP contribution < -0.4 is 4.90 Å². The van der Waals surface area contributed by atoms with Gasteiger partial charge in [0.05, 0.1) is 12.5 Å². The molecule has 0 N–H and O–H groups in total. The van der Waals surface area contributed by atoms with E-state index in [9.17, 15) is 14.4 Å². The molecule has 2 aliphatic heterocycles. The van der Waals surface area contributed by atoms with E-state index in [4.69, 9.17) is 4.74 Å². The standard InChI is InChI=1S/C20H27N3O4/c1-15-3-6-17(7-4-15)23-10-9-22(14-19(23)25)20(26)16-5-8-18(24)21(13-16)11-12-27-2/h3-4,6-7,16H,5,8-14H2,1-2H3/t16-/m1/s1. The summed E-state index contributed by atoms with van der Waals surface area (Å²) in [6.45, 7) is 4.48. The fourth-order valence-electron chi connectivity index (χ4n) is 3.65. The number of hydrogen-bond donors (Lipinski definition) is 0. The van der Waals surface area contributed by atoms with E-state index >= 15 is 0 Å². The molecular weight excluding hydrogens is 346 g/mol. The fourth-order valence-corrected chi connectivity index (χ4v) is 3.65.